The number of ketones is 1. The number of fused-ring (bicyclic) bond motifs is 5. The summed E-state index contributed by atoms with van der Waals surface area (Å²) < 4.78 is 5.95. The first-order chi connectivity index (χ1) is 17.3. The van der Waals surface area contributed by atoms with Gasteiger partial charge >= 0.3 is 0 Å². The van der Waals surface area contributed by atoms with Gasteiger partial charge in [0.05, 0.1) is 36.1 Å². The number of hydrogen-bond acceptors (Lipinski definition) is 8. The Morgan fingerprint density at radius 1 is 1.11 bits per heavy atom. The Labute approximate surface area is 219 Å². The van der Waals surface area contributed by atoms with Crippen molar-refractivity contribution in [2.75, 3.05) is 13.2 Å². The van der Waals surface area contributed by atoms with Gasteiger partial charge in [-0.05, 0) is 86.7 Å². The van der Waals surface area contributed by atoms with E-state index in [-0.39, 0.29) is 42.2 Å². The second-order valence-corrected chi connectivity index (χ2v) is 13.6. The average molecular weight is 523 g/mol. The maximum Gasteiger partial charge on any atom is 0.159 e. The number of ether oxygens (including phenoxy) is 1. The van der Waals surface area contributed by atoms with Crippen LogP contribution in [0, 0.1) is 40.4 Å². The van der Waals surface area contributed by atoms with Crippen LogP contribution in [-0.2, 0) is 9.53 Å². The molecule has 6 N–H and O–H groups in total. The maximum atomic E-state index is 13.3. The van der Waals surface area contributed by atoms with Gasteiger partial charge in [-0.1, -0.05) is 20.8 Å². The van der Waals surface area contributed by atoms with Crippen LogP contribution in [0.1, 0.15) is 72.6 Å². The van der Waals surface area contributed by atoms with Crippen molar-refractivity contribution < 1.29 is 40.2 Å². The Kier molecular flexibility index (Phi) is 6.80. The first kappa shape index (κ1) is 27.7. The summed E-state index contributed by atoms with van der Waals surface area (Å²) in [5, 5.41) is 65.8. The smallest absolute Gasteiger partial charge is 0.159 e. The van der Waals surface area contributed by atoms with Crippen LogP contribution in [0.3, 0.4) is 0 Å². The van der Waals surface area contributed by atoms with E-state index in [9.17, 15) is 35.4 Å². The van der Waals surface area contributed by atoms with Crippen molar-refractivity contribution in [1.29, 1.82) is 0 Å². The number of aliphatic hydroxyl groups is 6. The quantitative estimate of drug-likeness (QED) is 0.317. The molecule has 0 bridgehead atoms. The molecule has 1 saturated heterocycles. The summed E-state index contributed by atoms with van der Waals surface area (Å²) >= 11 is 0. The Morgan fingerprint density at radius 3 is 2.46 bits per heavy atom. The SMILES string of the molecule is C[C@@H]1[C@@H](CO)[C@@H]([C@@H](O)[C@@](C)(O)[C@H]2CC[C@@]3(O)C4=CC(=O)[C@@H]5C[C@@H](O)CC[C@]5(C)[C@H]4CC[C@]23C)O[C@H]1CO. The number of hydrogen-bond donors (Lipinski definition) is 6. The van der Waals surface area contributed by atoms with Crippen LogP contribution in [0.2, 0.25) is 0 Å². The van der Waals surface area contributed by atoms with Gasteiger partial charge in [-0.2, -0.15) is 0 Å². The van der Waals surface area contributed by atoms with Gasteiger partial charge in [0.15, 0.2) is 5.78 Å². The minimum Gasteiger partial charge on any atom is -0.396 e. The first-order valence-electron chi connectivity index (χ1n) is 14.2. The fourth-order valence-electron chi connectivity index (χ4n) is 9.58. The first-order valence-corrected chi connectivity index (χ1v) is 14.2. The summed E-state index contributed by atoms with van der Waals surface area (Å²) in [5.41, 5.74) is -3.22. The van der Waals surface area contributed by atoms with Gasteiger partial charge in [0.25, 0.3) is 0 Å². The molecule has 5 aliphatic rings. The molecule has 0 spiro atoms. The van der Waals surface area contributed by atoms with Crippen LogP contribution in [0.15, 0.2) is 11.6 Å². The summed E-state index contributed by atoms with van der Waals surface area (Å²) in [6.45, 7) is 7.12. The Hall–Kier alpha value is -0.870. The largest absolute Gasteiger partial charge is 0.396 e. The lowest BCUT2D eigenvalue weighted by Crippen LogP contribution is -2.63. The van der Waals surface area contributed by atoms with Gasteiger partial charge in [-0.15, -0.1) is 0 Å². The number of allylic oxidation sites excluding steroid dienone is 1. The molecule has 37 heavy (non-hydrogen) atoms. The van der Waals surface area contributed by atoms with E-state index in [1.807, 2.05) is 13.8 Å². The molecule has 210 valence electrons. The third kappa shape index (κ3) is 3.70. The van der Waals surface area contributed by atoms with Crippen molar-refractivity contribution in [3.05, 3.63) is 11.6 Å². The highest BCUT2D eigenvalue weighted by Gasteiger charge is 2.69. The fraction of sp³-hybridized carbons (Fsp3) is 0.897. The lowest BCUT2D eigenvalue weighted by Gasteiger charge is -2.60. The van der Waals surface area contributed by atoms with Crippen LogP contribution in [0.25, 0.3) is 0 Å². The van der Waals surface area contributed by atoms with Crippen LogP contribution in [0.5, 0.6) is 0 Å². The minimum atomic E-state index is -1.63. The third-order valence-electron chi connectivity index (χ3n) is 12.1. The molecule has 4 fully saturated rings. The molecule has 0 radical (unpaired) electrons. The minimum absolute atomic E-state index is 0.0189. The highest BCUT2D eigenvalue weighted by Crippen LogP contribution is 2.68. The zero-order valence-corrected chi connectivity index (χ0v) is 22.6. The molecule has 4 aliphatic carbocycles. The number of carbonyl (C=O) groups excluding carboxylic acids is 1. The predicted molar refractivity (Wildman–Crippen MR) is 135 cm³/mol. The van der Waals surface area contributed by atoms with E-state index in [1.165, 1.54) is 0 Å². The highest BCUT2D eigenvalue weighted by molar-refractivity contribution is 5.95. The molecule has 0 unspecified atom stereocenters. The van der Waals surface area contributed by atoms with Crippen LogP contribution >= 0.6 is 0 Å². The van der Waals surface area contributed by atoms with Crippen molar-refractivity contribution in [3.63, 3.8) is 0 Å². The zero-order chi connectivity index (χ0) is 27.1. The van der Waals surface area contributed by atoms with E-state index in [0.717, 1.165) is 18.4 Å². The van der Waals surface area contributed by atoms with Gasteiger partial charge in [0.2, 0.25) is 0 Å². The molecule has 1 aliphatic heterocycles. The van der Waals surface area contributed by atoms with Gasteiger partial charge < -0.3 is 35.4 Å². The van der Waals surface area contributed by atoms with Gasteiger partial charge in [-0.25, -0.2) is 0 Å². The standard InChI is InChI=1S/C29H46O8/c1-15-17(13-30)24(37-22(15)14-31)25(34)28(4,35)23-7-10-29(36)19-12-21(33)20-11-16(32)5-8-26(20,2)18(19)6-9-27(23,29)3/h12,15-18,20,22-25,30-32,34-36H,5-11,13-14H2,1-4H3/t15-,16+,17-,18+,20+,22+,23+,24+,25-,26-,27-,28+,29-/m1/s1. The lowest BCUT2D eigenvalue weighted by atomic mass is 9.46. The summed E-state index contributed by atoms with van der Waals surface area (Å²) in [6, 6.07) is 0. The van der Waals surface area contributed by atoms with Crippen molar-refractivity contribution in [3.8, 4) is 0 Å². The number of carbonyl (C=O) groups is 1. The molecule has 0 aromatic carbocycles. The lowest BCUT2D eigenvalue weighted by molar-refractivity contribution is -0.199. The molecule has 8 nitrogen and oxygen atoms in total. The van der Waals surface area contributed by atoms with E-state index in [0.29, 0.717) is 32.1 Å². The average Bonchev–Trinajstić information content (AvgIpc) is 3.33. The van der Waals surface area contributed by atoms with Crippen LogP contribution in [-0.4, -0.2) is 85.3 Å². The summed E-state index contributed by atoms with van der Waals surface area (Å²) in [7, 11) is 0. The zero-order valence-electron chi connectivity index (χ0n) is 22.6. The molecule has 5 rings (SSSR count). The highest BCUT2D eigenvalue weighted by atomic mass is 16.5. The molecule has 0 aromatic rings. The molecular weight excluding hydrogens is 476 g/mol. The van der Waals surface area contributed by atoms with E-state index in [4.69, 9.17) is 4.74 Å². The summed E-state index contributed by atoms with van der Waals surface area (Å²) in [6.07, 6.45) is 2.63. The van der Waals surface area contributed by atoms with Crippen molar-refractivity contribution in [1.82, 2.24) is 0 Å². The van der Waals surface area contributed by atoms with Crippen molar-refractivity contribution in [2.24, 2.45) is 40.4 Å². The normalized spacial score (nSPS) is 52.1. The van der Waals surface area contributed by atoms with Gasteiger partial charge in [-0.3, -0.25) is 4.79 Å². The molecule has 1 heterocycles. The van der Waals surface area contributed by atoms with E-state index in [2.05, 4.69) is 6.92 Å². The summed E-state index contributed by atoms with van der Waals surface area (Å²) in [5.74, 6) is -1.30. The number of rotatable bonds is 5. The van der Waals surface area contributed by atoms with Crippen LogP contribution in [0.4, 0.5) is 0 Å². The Balaban J connectivity index is 1.47. The van der Waals surface area contributed by atoms with Crippen LogP contribution < -0.4 is 0 Å². The monoisotopic (exact) mass is 522 g/mol. The van der Waals surface area contributed by atoms with Crippen molar-refractivity contribution >= 4 is 5.78 Å². The van der Waals surface area contributed by atoms with Gasteiger partial charge in [0.1, 0.15) is 6.10 Å². The molecule has 3 saturated carbocycles. The molecule has 0 aromatic heterocycles. The predicted octanol–water partition coefficient (Wildman–Crippen LogP) is 1.34. The fourth-order valence-corrected chi connectivity index (χ4v) is 9.58. The van der Waals surface area contributed by atoms with E-state index < -0.39 is 52.9 Å². The van der Waals surface area contributed by atoms with E-state index in [1.54, 1.807) is 13.0 Å². The molecule has 8 heteroatoms. The Bertz CT molecular complexity index is 948. The summed E-state index contributed by atoms with van der Waals surface area (Å²) in [4.78, 5) is 13.3. The molecular formula is C29H46O8. The third-order valence-corrected chi connectivity index (χ3v) is 12.1. The maximum absolute atomic E-state index is 13.3. The topological polar surface area (TPSA) is 148 Å². The Morgan fingerprint density at radius 2 is 1.81 bits per heavy atom. The second-order valence-electron chi connectivity index (χ2n) is 13.6. The van der Waals surface area contributed by atoms with E-state index >= 15 is 0 Å². The second kappa shape index (κ2) is 9.08. The van der Waals surface area contributed by atoms with Crippen molar-refractivity contribution in [2.45, 2.75) is 108 Å². The van der Waals surface area contributed by atoms with Gasteiger partial charge in [0, 0.05) is 23.9 Å². The molecule has 0 amide bonds. The number of aliphatic hydroxyl groups excluding tert-OH is 4. The molecule has 13 atom stereocenters.